The van der Waals surface area contributed by atoms with Gasteiger partial charge in [-0.25, -0.2) is 0 Å². The Morgan fingerprint density at radius 1 is 0.269 bits per heavy atom. The fourth-order valence-electron chi connectivity index (χ4n) is 3.73. The van der Waals surface area contributed by atoms with Crippen LogP contribution in [0.2, 0.25) is 0 Å². The van der Waals surface area contributed by atoms with Crippen LogP contribution < -0.4 is 0 Å². The molecule has 0 saturated carbocycles. The SMILES string of the molecule is c1ccc2cc(-c3ccccc3-c3cc4cccccc-4c3)cc-2cc1. The summed E-state index contributed by atoms with van der Waals surface area (Å²) in [6.45, 7) is 0. The maximum Gasteiger partial charge on any atom is -0.0105 e. The third kappa shape index (κ3) is 2.57. The summed E-state index contributed by atoms with van der Waals surface area (Å²) in [6.07, 6.45) is 0. The van der Waals surface area contributed by atoms with Crippen molar-refractivity contribution < 1.29 is 0 Å². The first kappa shape index (κ1) is 14.9. The minimum Gasteiger partial charge on any atom is -0.0622 e. The molecule has 122 valence electrons. The van der Waals surface area contributed by atoms with Gasteiger partial charge in [0, 0.05) is 0 Å². The molecule has 0 amide bonds. The van der Waals surface area contributed by atoms with E-state index >= 15 is 0 Å². The second-order valence-corrected chi connectivity index (χ2v) is 6.68. The summed E-state index contributed by atoms with van der Waals surface area (Å²) in [7, 11) is 0. The van der Waals surface area contributed by atoms with Crippen LogP contribution in [0.25, 0.3) is 44.5 Å². The van der Waals surface area contributed by atoms with Crippen molar-refractivity contribution >= 4 is 0 Å². The molecule has 4 aliphatic carbocycles. The lowest BCUT2D eigenvalue weighted by Gasteiger charge is -2.06. The number of fused-ring (bicyclic) bond motifs is 2. The standard InChI is InChI=1S/C26H18/c1-3-9-19-15-23(16-20(19)10-4-1)25-13-7-8-14-26(25)24-17-21-11-5-2-6-12-22(21)18-24/h1-18H. The van der Waals surface area contributed by atoms with Crippen LogP contribution in [0, 0.1) is 0 Å². The molecule has 0 heteroatoms. The predicted molar refractivity (Wildman–Crippen MR) is 111 cm³/mol. The van der Waals surface area contributed by atoms with Crippen LogP contribution in [0.5, 0.6) is 0 Å². The largest absolute Gasteiger partial charge is 0.0622 e. The first-order chi connectivity index (χ1) is 12.9. The molecule has 4 aliphatic rings. The quantitative estimate of drug-likeness (QED) is 0.320. The van der Waals surface area contributed by atoms with Crippen molar-refractivity contribution in [2.24, 2.45) is 0 Å². The second kappa shape index (κ2) is 6.16. The van der Waals surface area contributed by atoms with E-state index in [9.17, 15) is 0 Å². The predicted octanol–water partition coefficient (Wildman–Crippen LogP) is 7.23. The molecule has 0 fully saturated rings. The lowest BCUT2D eigenvalue weighted by Crippen LogP contribution is -1.80. The Bertz CT molecular complexity index is 983. The molecule has 0 saturated heterocycles. The van der Waals surface area contributed by atoms with Crippen LogP contribution in [-0.4, -0.2) is 0 Å². The summed E-state index contributed by atoms with van der Waals surface area (Å²) in [5.74, 6) is 0. The van der Waals surface area contributed by atoms with Gasteiger partial charge in [-0.05, 0) is 68.8 Å². The normalized spacial score (nSPS) is 11.1. The zero-order chi connectivity index (χ0) is 17.3. The van der Waals surface area contributed by atoms with Crippen molar-refractivity contribution in [3.05, 3.63) is 109 Å². The minimum absolute atomic E-state index is 1.28. The molecule has 0 N–H and O–H groups in total. The van der Waals surface area contributed by atoms with Gasteiger partial charge in [0.2, 0.25) is 0 Å². The lowest BCUT2D eigenvalue weighted by molar-refractivity contribution is 1.65. The Labute approximate surface area is 154 Å². The van der Waals surface area contributed by atoms with E-state index in [1.165, 1.54) is 44.5 Å². The molecule has 0 radical (unpaired) electrons. The van der Waals surface area contributed by atoms with Gasteiger partial charge in [0.05, 0.1) is 0 Å². The van der Waals surface area contributed by atoms with Crippen molar-refractivity contribution in [3.8, 4) is 44.5 Å². The Kier molecular flexibility index (Phi) is 3.54. The van der Waals surface area contributed by atoms with Crippen LogP contribution in [-0.2, 0) is 0 Å². The first-order valence-corrected chi connectivity index (χ1v) is 8.96. The summed E-state index contributed by atoms with van der Waals surface area (Å²) in [6, 6.07) is 39.1. The highest BCUT2D eigenvalue weighted by atomic mass is 14.2. The van der Waals surface area contributed by atoms with Gasteiger partial charge in [0.15, 0.2) is 0 Å². The molecular weight excluding hydrogens is 312 g/mol. The van der Waals surface area contributed by atoms with Crippen molar-refractivity contribution in [1.29, 1.82) is 0 Å². The highest BCUT2D eigenvalue weighted by Gasteiger charge is 2.13. The topological polar surface area (TPSA) is 0 Å². The van der Waals surface area contributed by atoms with Crippen molar-refractivity contribution in [2.75, 3.05) is 0 Å². The van der Waals surface area contributed by atoms with Gasteiger partial charge in [-0.3, -0.25) is 0 Å². The molecule has 0 aliphatic heterocycles. The van der Waals surface area contributed by atoms with Crippen LogP contribution in [0.3, 0.4) is 0 Å². The van der Waals surface area contributed by atoms with Crippen molar-refractivity contribution in [2.45, 2.75) is 0 Å². The van der Waals surface area contributed by atoms with Crippen LogP contribution in [0.4, 0.5) is 0 Å². The van der Waals surface area contributed by atoms with E-state index in [0.29, 0.717) is 0 Å². The summed E-state index contributed by atoms with van der Waals surface area (Å²) >= 11 is 0. The average Bonchev–Trinajstić information content (AvgIpc) is 3.11. The van der Waals surface area contributed by atoms with E-state index < -0.39 is 0 Å². The summed E-state index contributed by atoms with van der Waals surface area (Å²) in [4.78, 5) is 0. The van der Waals surface area contributed by atoms with Crippen molar-refractivity contribution in [3.63, 3.8) is 0 Å². The van der Waals surface area contributed by atoms with E-state index in [4.69, 9.17) is 0 Å². The molecule has 5 rings (SSSR count). The maximum absolute atomic E-state index is 2.29. The van der Waals surface area contributed by atoms with E-state index in [1.807, 2.05) is 0 Å². The molecule has 26 heavy (non-hydrogen) atoms. The highest BCUT2D eigenvalue weighted by Crippen LogP contribution is 2.40. The minimum atomic E-state index is 1.28. The summed E-state index contributed by atoms with van der Waals surface area (Å²) in [5.41, 5.74) is 10.2. The molecule has 0 unspecified atom stereocenters. The number of hydrogen-bond donors (Lipinski definition) is 0. The van der Waals surface area contributed by atoms with E-state index in [2.05, 4.69) is 109 Å². The van der Waals surface area contributed by atoms with Gasteiger partial charge < -0.3 is 0 Å². The molecule has 0 nitrogen and oxygen atoms in total. The Hall–Kier alpha value is -3.38. The van der Waals surface area contributed by atoms with E-state index in [0.717, 1.165) is 0 Å². The Balaban J connectivity index is 1.70. The third-order valence-corrected chi connectivity index (χ3v) is 5.01. The molecule has 0 heterocycles. The first-order valence-electron chi connectivity index (χ1n) is 8.96. The Morgan fingerprint density at radius 3 is 0.923 bits per heavy atom. The van der Waals surface area contributed by atoms with Crippen LogP contribution in [0.1, 0.15) is 0 Å². The molecule has 1 aromatic carbocycles. The molecule has 0 spiro atoms. The van der Waals surface area contributed by atoms with E-state index in [1.54, 1.807) is 0 Å². The molecule has 0 bridgehead atoms. The zero-order valence-electron chi connectivity index (χ0n) is 14.4. The number of rotatable bonds is 2. The van der Waals surface area contributed by atoms with Gasteiger partial charge in [0.1, 0.15) is 0 Å². The van der Waals surface area contributed by atoms with Crippen molar-refractivity contribution in [1.82, 2.24) is 0 Å². The van der Waals surface area contributed by atoms with Gasteiger partial charge in [-0.2, -0.15) is 0 Å². The average molecular weight is 330 g/mol. The van der Waals surface area contributed by atoms with Gasteiger partial charge in [-0.1, -0.05) is 84.9 Å². The number of benzene rings is 1. The van der Waals surface area contributed by atoms with Gasteiger partial charge >= 0.3 is 0 Å². The number of hydrogen-bond acceptors (Lipinski definition) is 0. The zero-order valence-corrected chi connectivity index (χ0v) is 14.4. The van der Waals surface area contributed by atoms with E-state index in [-0.39, 0.29) is 0 Å². The lowest BCUT2D eigenvalue weighted by atomic mass is 9.97. The monoisotopic (exact) mass is 330 g/mol. The summed E-state index contributed by atoms with van der Waals surface area (Å²) in [5, 5.41) is 0. The maximum atomic E-state index is 2.29. The third-order valence-electron chi connectivity index (χ3n) is 5.01. The molecule has 0 aromatic heterocycles. The highest BCUT2D eigenvalue weighted by molar-refractivity contribution is 5.91. The fraction of sp³-hybridized carbons (Fsp3) is 0. The summed E-state index contributed by atoms with van der Waals surface area (Å²) < 4.78 is 0. The Morgan fingerprint density at radius 2 is 0.577 bits per heavy atom. The van der Waals surface area contributed by atoms with Crippen LogP contribution >= 0.6 is 0 Å². The molecule has 1 aromatic rings. The molecular formula is C26H18. The van der Waals surface area contributed by atoms with Gasteiger partial charge in [0.25, 0.3) is 0 Å². The van der Waals surface area contributed by atoms with Crippen LogP contribution in [0.15, 0.2) is 109 Å². The smallest absolute Gasteiger partial charge is 0.0105 e. The fourth-order valence-corrected chi connectivity index (χ4v) is 3.73. The second-order valence-electron chi connectivity index (χ2n) is 6.68. The van der Waals surface area contributed by atoms with Gasteiger partial charge in [-0.15, -0.1) is 0 Å². The molecule has 0 atom stereocenters.